The molecule has 5 heteroatoms. The predicted octanol–water partition coefficient (Wildman–Crippen LogP) is 3.45. The largest absolute Gasteiger partial charge is 0.434 e. The van der Waals surface area contributed by atoms with Gasteiger partial charge in [0, 0.05) is 7.11 Å². The van der Waals surface area contributed by atoms with Crippen molar-refractivity contribution in [2.24, 2.45) is 23.2 Å². The summed E-state index contributed by atoms with van der Waals surface area (Å²) in [6, 6.07) is 0. The lowest BCUT2D eigenvalue weighted by Gasteiger charge is -2.45. The first-order chi connectivity index (χ1) is 12.2. The third kappa shape index (κ3) is 3.23. The Balaban J connectivity index is 1.69. The smallest absolute Gasteiger partial charge is 0.343 e. The molecule has 0 aromatic rings. The molecule has 0 amide bonds. The third-order valence-corrected chi connectivity index (χ3v) is 7.32. The van der Waals surface area contributed by atoms with Crippen LogP contribution >= 0.6 is 0 Å². The zero-order valence-electron chi connectivity index (χ0n) is 16.7. The average molecular weight is 366 g/mol. The lowest BCUT2D eigenvalue weighted by molar-refractivity contribution is -0.147. The summed E-state index contributed by atoms with van der Waals surface area (Å²) in [6.45, 7) is 7.89. The fraction of sp³-hybridized carbons (Fsp3) is 0.857. The summed E-state index contributed by atoms with van der Waals surface area (Å²) in [6.07, 6.45) is 8.57. The van der Waals surface area contributed by atoms with Crippen molar-refractivity contribution >= 4 is 5.97 Å². The van der Waals surface area contributed by atoms with Gasteiger partial charge in [-0.05, 0) is 62.7 Å². The molecule has 1 heterocycles. The number of carbonyl (C=O) groups excluding carboxylic acids is 1. The zero-order chi connectivity index (χ0) is 19.1. The monoisotopic (exact) mass is 366 g/mol. The Labute approximate surface area is 157 Å². The van der Waals surface area contributed by atoms with E-state index in [1.807, 2.05) is 7.11 Å². The Bertz CT molecular complexity index is 561. The highest BCUT2D eigenvalue weighted by atomic mass is 16.8. The molecule has 0 aromatic heterocycles. The minimum atomic E-state index is -1.32. The van der Waals surface area contributed by atoms with Gasteiger partial charge < -0.3 is 19.3 Å². The quantitative estimate of drug-likeness (QED) is 0.596. The molecule has 148 valence electrons. The van der Waals surface area contributed by atoms with E-state index in [0.717, 1.165) is 0 Å². The van der Waals surface area contributed by atoms with E-state index in [1.54, 1.807) is 19.9 Å². The molecule has 0 bridgehead atoms. The van der Waals surface area contributed by atoms with E-state index in [1.165, 1.54) is 32.1 Å². The number of hydrogen-bond acceptors (Lipinski definition) is 5. The number of aliphatic hydroxyl groups excluding tert-OH is 1. The topological polar surface area (TPSA) is 65.0 Å². The first-order valence-corrected chi connectivity index (χ1v) is 10.0. The molecule has 1 aliphatic heterocycles. The number of rotatable bonds is 5. The maximum absolute atomic E-state index is 12.0. The standard InChI is InChI=1S/C21H34O5/c1-13(8-11-18(22)21(4)19(23)25-14(2)26-21)15-9-10-16-17(24-5)7-6-12-20(15,16)3/h8,11,13-18,22H,6-7,9-10,12H2,1-5H3/b11-8+/t13-,14-,15-,16?,17?,18?,20-,21-/m1/s1. The molecule has 0 aromatic carbocycles. The van der Waals surface area contributed by atoms with Crippen LogP contribution < -0.4 is 0 Å². The highest BCUT2D eigenvalue weighted by molar-refractivity contribution is 5.81. The third-order valence-electron chi connectivity index (χ3n) is 7.32. The Morgan fingerprint density at radius 1 is 1.27 bits per heavy atom. The van der Waals surface area contributed by atoms with Crippen molar-refractivity contribution in [2.75, 3.05) is 7.11 Å². The molecule has 2 saturated carbocycles. The van der Waals surface area contributed by atoms with Crippen LogP contribution in [0.15, 0.2) is 12.2 Å². The average Bonchev–Trinajstić information content (AvgIpc) is 3.08. The number of hydrogen-bond donors (Lipinski definition) is 1. The number of fused-ring (bicyclic) bond motifs is 1. The van der Waals surface area contributed by atoms with Crippen molar-refractivity contribution < 1.29 is 24.1 Å². The summed E-state index contributed by atoms with van der Waals surface area (Å²) in [7, 11) is 1.84. The van der Waals surface area contributed by atoms with Crippen LogP contribution in [0.1, 0.15) is 59.8 Å². The van der Waals surface area contributed by atoms with Gasteiger partial charge in [-0.15, -0.1) is 0 Å². The second-order valence-electron chi connectivity index (χ2n) is 8.85. The van der Waals surface area contributed by atoms with E-state index < -0.39 is 24.0 Å². The van der Waals surface area contributed by atoms with Crippen LogP contribution in [0.25, 0.3) is 0 Å². The van der Waals surface area contributed by atoms with Gasteiger partial charge in [0.25, 0.3) is 0 Å². The van der Waals surface area contributed by atoms with E-state index in [2.05, 4.69) is 19.9 Å². The molecule has 3 fully saturated rings. The van der Waals surface area contributed by atoms with Crippen molar-refractivity contribution in [1.29, 1.82) is 0 Å². The minimum Gasteiger partial charge on any atom is -0.434 e. The first kappa shape index (κ1) is 19.8. The van der Waals surface area contributed by atoms with Crippen LogP contribution in [-0.2, 0) is 19.0 Å². The maximum atomic E-state index is 12.0. The van der Waals surface area contributed by atoms with Crippen molar-refractivity contribution in [3.05, 3.63) is 12.2 Å². The molecule has 1 saturated heterocycles. The number of allylic oxidation sites excluding steroid dienone is 1. The van der Waals surface area contributed by atoms with Gasteiger partial charge in [-0.3, -0.25) is 0 Å². The number of ether oxygens (including phenoxy) is 3. The molecule has 1 N–H and O–H groups in total. The number of carbonyl (C=O) groups is 1. The molecule has 2 aliphatic carbocycles. The van der Waals surface area contributed by atoms with Crippen LogP contribution in [0.5, 0.6) is 0 Å². The highest BCUT2D eigenvalue weighted by Crippen LogP contribution is 2.58. The Morgan fingerprint density at radius 2 is 2.00 bits per heavy atom. The molecule has 0 spiro atoms. The number of cyclic esters (lactones) is 1. The van der Waals surface area contributed by atoms with Gasteiger partial charge in [0.2, 0.25) is 6.29 Å². The van der Waals surface area contributed by atoms with Gasteiger partial charge in [0.15, 0.2) is 5.60 Å². The second-order valence-corrected chi connectivity index (χ2v) is 8.85. The summed E-state index contributed by atoms with van der Waals surface area (Å²) < 4.78 is 16.3. The van der Waals surface area contributed by atoms with Crippen LogP contribution in [0.4, 0.5) is 0 Å². The van der Waals surface area contributed by atoms with Crippen LogP contribution in [0.2, 0.25) is 0 Å². The highest BCUT2D eigenvalue weighted by Gasteiger charge is 2.53. The summed E-state index contributed by atoms with van der Waals surface area (Å²) in [5, 5.41) is 10.5. The van der Waals surface area contributed by atoms with Gasteiger partial charge in [-0.25, -0.2) is 4.79 Å². The summed E-state index contributed by atoms with van der Waals surface area (Å²) >= 11 is 0. The lowest BCUT2D eigenvalue weighted by atomic mass is 9.62. The molecule has 3 aliphatic rings. The van der Waals surface area contributed by atoms with Crippen LogP contribution in [0.3, 0.4) is 0 Å². The van der Waals surface area contributed by atoms with Gasteiger partial charge in [-0.1, -0.05) is 32.4 Å². The van der Waals surface area contributed by atoms with Crippen LogP contribution in [-0.4, -0.2) is 42.3 Å². The molecular formula is C21H34O5. The summed E-state index contributed by atoms with van der Waals surface area (Å²) in [4.78, 5) is 12.0. The van der Waals surface area contributed by atoms with Gasteiger partial charge in [0.1, 0.15) is 6.10 Å². The summed E-state index contributed by atoms with van der Waals surface area (Å²) in [5.41, 5.74) is -1.03. The fourth-order valence-corrected chi connectivity index (χ4v) is 5.78. The minimum absolute atomic E-state index is 0.287. The SMILES string of the molecule is COC1CCC[C@@]2(C)C1CC[C@@H]2[C@H](C)/C=C/C(O)[C@@]1(C)O[C@H](C)OC1=O. The van der Waals surface area contributed by atoms with Gasteiger partial charge in [0.05, 0.1) is 6.10 Å². The van der Waals surface area contributed by atoms with Gasteiger partial charge in [-0.2, -0.15) is 0 Å². The van der Waals surface area contributed by atoms with Crippen molar-refractivity contribution in [3.63, 3.8) is 0 Å². The molecule has 3 rings (SSSR count). The maximum Gasteiger partial charge on any atom is 0.343 e. The van der Waals surface area contributed by atoms with Crippen molar-refractivity contribution in [1.82, 2.24) is 0 Å². The lowest BCUT2D eigenvalue weighted by Crippen LogP contribution is -2.44. The van der Waals surface area contributed by atoms with Crippen molar-refractivity contribution in [2.45, 2.75) is 83.9 Å². The second kappa shape index (κ2) is 7.25. The normalized spacial score (nSPS) is 45.5. The molecule has 3 unspecified atom stereocenters. The van der Waals surface area contributed by atoms with E-state index in [9.17, 15) is 9.90 Å². The Hall–Kier alpha value is -0.910. The van der Waals surface area contributed by atoms with Gasteiger partial charge >= 0.3 is 5.97 Å². The zero-order valence-corrected chi connectivity index (χ0v) is 16.7. The summed E-state index contributed by atoms with van der Waals surface area (Å²) in [5.74, 6) is 1.02. The fourth-order valence-electron chi connectivity index (χ4n) is 5.78. The molecular weight excluding hydrogens is 332 g/mol. The molecule has 26 heavy (non-hydrogen) atoms. The molecule has 0 radical (unpaired) electrons. The Kier molecular flexibility index (Phi) is 5.53. The molecule has 5 nitrogen and oxygen atoms in total. The number of esters is 1. The number of aliphatic hydroxyl groups is 1. The molecule has 8 atom stereocenters. The first-order valence-electron chi connectivity index (χ1n) is 10.0. The van der Waals surface area contributed by atoms with E-state index >= 15 is 0 Å². The Morgan fingerprint density at radius 3 is 2.62 bits per heavy atom. The predicted molar refractivity (Wildman–Crippen MR) is 98.3 cm³/mol. The van der Waals surface area contributed by atoms with Crippen molar-refractivity contribution in [3.8, 4) is 0 Å². The van der Waals surface area contributed by atoms with E-state index in [4.69, 9.17) is 14.2 Å². The van der Waals surface area contributed by atoms with Crippen LogP contribution in [0, 0.1) is 23.2 Å². The van der Waals surface area contributed by atoms with E-state index in [-0.39, 0.29) is 5.41 Å². The number of methoxy groups -OCH3 is 1. The van der Waals surface area contributed by atoms with E-state index in [0.29, 0.717) is 23.9 Å².